The predicted octanol–water partition coefficient (Wildman–Crippen LogP) is 2.65. The van der Waals surface area contributed by atoms with Crippen LogP contribution in [0.1, 0.15) is 40.0 Å². The molecule has 98 valence electrons. The lowest BCUT2D eigenvalue weighted by Crippen LogP contribution is -2.51. The average molecular weight is 232 g/mol. The first kappa shape index (κ1) is 15.9. The molecule has 0 rings (SSSR count). The van der Waals surface area contributed by atoms with Gasteiger partial charge in [0, 0.05) is 7.11 Å². The fourth-order valence-electron chi connectivity index (χ4n) is 2.35. The van der Waals surface area contributed by atoms with E-state index in [0.29, 0.717) is 13.2 Å². The summed E-state index contributed by atoms with van der Waals surface area (Å²) in [4.78, 5) is 0. The van der Waals surface area contributed by atoms with Crippen molar-refractivity contribution in [3.63, 3.8) is 0 Å². The molecule has 0 aliphatic heterocycles. The summed E-state index contributed by atoms with van der Waals surface area (Å²) in [7, 11) is 1.72. The molecule has 0 amide bonds. The van der Waals surface area contributed by atoms with Crippen molar-refractivity contribution < 1.29 is 14.0 Å². The molecule has 0 unspecified atom stereocenters. The van der Waals surface area contributed by atoms with E-state index in [0.717, 1.165) is 11.2 Å². The van der Waals surface area contributed by atoms with Crippen LogP contribution in [0.3, 0.4) is 0 Å². The van der Waals surface area contributed by atoms with Crippen molar-refractivity contribution in [1.82, 2.24) is 0 Å². The van der Waals surface area contributed by atoms with Crippen molar-refractivity contribution in [1.29, 1.82) is 0 Å². The standard InChI is InChI=1S/C13H30NO2/c1-5-8-14(9-6-2,10-7-3)13-16-12-11-15-4/h5-13H2,1-4H3/q+1. The van der Waals surface area contributed by atoms with E-state index in [1.54, 1.807) is 7.11 Å². The zero-order valence-corrected chi connectivity index (χ0v) is 11.6. The first-order valence-corrected chi connectivity index (χ1v) is 6.66. The number of ether oxygens (including phenoxy) is 2. The van der Waals surface area contributed by atoms with Crippen molar-refractivity contribution in [2.75, 3.05) is 46.7 Å². The summed E-state index contributed by atoms with van der Waals surface area (Å²) < 4.78 is 11.9. The van der Waals surface area contributed by atoms with Crippen LogP contribution in [0.25, 0.3) is 0 Å². The SMILES string of the molecule is CCC[N+](CCC)(CCC)COCCOC. The molecule has 0 aromatic heterocycles. The van der Waals surface area contributed by atoms with Gasteiger partial charge in [0.25, 0.3) is 0 Å². The molecule has 0 saturated carbocycles. The van der Waals surface area contributed by atoms with Gasteiger partial charge in [-0.2, -0.15) is 0 Å². The number of rotatable bonds is 11. The summed E-state index contributed by atoms with van der Waals surface area (Å²) in [5.74, 6) is 0. The smallest absolute Gasteiger partial charge is 0.183 e. The van der Waals surface area contributed by atoms with Gasteiger partial charge in [0.15, 0.2) is 6.73 Å². The molecule has 3 heteroatoms. The van der Waals surface area contributed by atoms with Crippen LogP contribution >= 0.6 is 0 Å². The highest BCUT2D eigenvalue weighted by Gasteiger charge is 2.24. The van der Waals surface area contributed by atoms with Crippen LogP contribution < -0.4 is 0 Å². The van der Waals surface area contributed by atoms with E-state index < -0.39 is 0 Å². The molecule has 0 bridgehead atoms. The quantitative estimate of drug-likeness (QED) is 0.310. The van der Waals surface area contributed by atoms with Crippen molar-refractivity contribution in [3.8, 4) is 0 Å². The van der Waals surface area contributed by atoms with Gasteiger partial charge >= 0.3 is 0 Å². The Morgan fingerprint density at radius 3 is 1.69 bits per heavy atom. The van der Waals surface area contributed by atoms with Crippen molar-refractivity contribution in [2.45, 2.75) is 40.0 Å². The molecule has 0 atom stereocenters. The van der Waals surface area contributed by atoms with Crippen molar-refractivity contribution in [3.05, 3.63) is 0 Å². The normalized spacial score (nSPS) is 12.0. The minimum absolute atomic E-state index is 0.699. The topological polar surface area (TPSA) is 18.5 Å². The molecular weight excluding hydrogens is 202 g/mol. The van der Waals surface area contributed by atoms with Gasteiger partial charge in [-0.25, -0.2) is 0 Å². The van der Waals surface area contributed by atoms with Gasteiger partial charge in [-0.05, 0) is 19.3 Å². The number of hydrogen-bond donors (Lipinski definition) is 0. The highest BCUT2D eigenvalue weighted by molar-refractivity contribution is 4.41. The second kappa shape index (κ2) is 10.1. The fraction of sp³-hybridized carbons (Fsp3) is 1.00. The Balaban J connectivity index is 4.12. The summed E-state index contributed by atoms with van der Waals surface area (Å²) >= 11 is 0. The Labute approximate surface area is 101 Å². The average Bonchev–Trinajstić information content (AvgIpc) is 2.26. The van der Waals surface area contributed by atoms with E-state index in [-0.39, 0.29) is 0 Å². The Hall–Kier alpha value is -0.120. The summed E-state index contributed by atoms with van der Waals surface area (Å²) in [6.07, 6.45) is 3.69. The molecule has 3 nitrogen and oxygen atoms in total. The first-order valence-electron chi connectivity index (χ1n) is 6.66. The monoisotopic (exact) mass is 232 g/mol. The summed E-state index contributed by atoms with van der Waals surface area (Å²) in [6, 6.07) is 0. The fourth-order valence-corrected chi connectivity index (χ4v) is 2.35. The van der Waals surface area contributed by atoms with Crippen LogP contribution in [0.5, 0.6) is 0 Å². The maximum Gasteiger partial charge on any atom is 0.183 e. The van der Waals surface area contributed by atoms with Gasteiger partial charge < -0.3 is 14.0 Å². The lowest BCUT2D eigenvalue weighted by Gasteiger charge is -2.37. The molecule has 0 heterocycles. The second-order valence-corrected chi connectivity index (χ2v) is 4.54. The van der Waals surface area contributed by atoms with Crippen LogP contribution in [0.4, 0.5) is 0 Å². The summed E-state index contributed by atoms with van der Waals surface area (Å²) in [5, 5.41) is 0. The molecule has 0 aromatic carbocycles. The molecular formula is C13H30NO2+. The maximum atomic E-state index is 5.74. The summed E-state index contributed by atoms with van der Waals surface area (Å²) in [5.41, 5.74) is 0. The van der Waals surface area contributed by atoms with Crippen LogP contribution in [0.2, 0.25) is 0 Å². The zero-order valence-electron chi connectivity index (χ0n) is 11.6. The highest BCUT2D eigenvalue weighted by atomic mass is 16.5. The molecule has 0 spiro atoms. The van der Waals surface area contributed by atoms with Crippen LogP contribution in [-0.4, -0.2) is 51.2 Å². The lowest BCUT2D eigenvalue weighted by atomic mass is 10.2. The third kappa shape index (κ3) is 6.46. The molecule has 0 aliphatic carbocycles. The van der Waals surface area contributed by atoms with Gasteiger partial charge in [0.05, 0.1) is 32.8 Å². The van der Waals surface area contributed by atoms with Gasteiger partial charge in [-0.3, -0.25) is 0 Å². The highest BCUT2D eigenvalue weighted by Crippen LogP contribution is 2.11. The molecule has 0 aliphatic rings. The first-order chi connectivity index (χ1) is 7.74. The third-order valence-electron chi connectivity index (χ3n) is 2.89. The van der Waals surface area contributed by atoms with Gasteiger partial charge in [0.2, 0.25) is 0 Å². The van der Waals surface area contributed by atoms with E-state index in [1.165, 1.54) is 38.9 Å². The Morgan fingerprint density at radius 1 is 0.812 bits per heavy atom. The molecule has 0 aromatic rings. The number of hydrogen-bond acceptors (Lipinski definition) is 2. The van der Waals surface area contributed by atoms with Gasteiger partial charge in [0.1, 0.15) is 0 Å². The third-order valence-corrected chi connectivity index (χ3v) is 2.89. The van der Waals surface area contributed by atoms with E-state index in [4.69, 9.17) is 9.47 Å². The minimum atomic E-state index is 0.699. The predicted molar refractivity (Wildman–Crippen MR) is 68.4 cm³/mol. The van der Waals surface area contributed by atoms with Crippen molar-refractivity contribution in [2.24, 2.45) is 0 Å². The van der Waals surface area contributed by atoms with Gasteiger partial charge in [-0.15, -0.1) is 0 Å². The summed E-state index contributed by atoms with van der Waals surface area (Å²) in [6.45, 7) is 12.7. The number of quaternary nitrogens is 1. The Bertz CT molecular complexity index is 134. The Kier molecular flexibility index (Phi) is 9.99. The molecule has 0 saturated heterocycles. The Morgan fingerprint density at radius 2 is 1.31 bits per heavy atom. The number of methoxy groups -OCH3 is 1. The van der Waals surface area contributed by atoms with Crippen LogP contribution in [0, 0.1) is 0 Å². The van der Waals surface area contributed by atoms with E-state index >= 15 is 0 Å². The number of nitrogens with zero attached hydrogens (tertiary/aromatic N) is 1. The van der Waals surface area contributed by atoms with Crippen molar-refractivity contribution >= 4 is 0 Å². The maximum absolute atomic E-state index is 5.74. The molecule has 0 N–H and O–H groups in total. The second-order valence-electron chi connectivity index (χ2n) is 4.54. The minimum Gasteiger partial charge on any atom is -0.382 e. The van der Waals surface area contributed by atoms with E-state index in [9.17, 15) is 0 Å². The largest absolute Gasteiger partial charge is 0.382 e. The van der Waals surface area contributed by atoms with Crippen LogP contribution in [0.15, 0.2) is 0 Å². The molecule has 0 radical (unpaired) electrons. The van der Waals surface area contributed by atoms with E-state index in [2.05, 4.69) is 20.8 Å². The lowest BCUT2D eigenvalue weighted by molar-refractivity contribution is -0.946. The van der Waals surface area contributed by atoms with Crippen LogP contribution in [-0.2, 0) is 9.47 Å². The molecule has 16 heavy (non-hydrogen) atoms. The van der Waals surface area contributed by atoms with E-state index in [1.807, 2.05) is 0 Å². The van der Waals surface area contributed by atoms with Gasteiger partial charge in [-0.1, -0.05) is 20.8 Å². The zero-order chi connectivity index (χ0) is 12.3. The molecule has 0 fully saturated rings.